The second-order valence-corrected chi connectivity index (χ2v) is 7.47. The number of carbonyl (C=O) groups is 1. The summed E-state index contributed by atoms with van der Waals surface area (Å²) in [5.74, 6) is 0.557. The average molecular weight is 441 g/mol. The molecular weight excluding hydrogens is 418 g/mol. The van der Waals surface area contributed by atoms with Crippen LogP contribution in [0.1, 0.15) is 11.1 Å². The molecule has 0 atom stereocenters. The fourth-order valence-corrected chi connectivity index (χ4v) is 3.79. The van der Waals surface area contributed by atoms with E-state index in [4.69, 9.17) is 19.9 Å². The molecule has 0 saturated carbocycles. The third-order valence-corrected chi connectivity index (χ3v) is 5.60. The number of fused-ring (bicyclic) bond motifs is 1. The number of nitriles is 1. The summed E-state index contributed by atoms with van der Waals surface area (Å²) in [5, 5.41) is 10.4. The molecule has 1 heterocycles. The van der Waals surface area contributed by atoms with E-state index in [0.717, 1.165) is 27.6 Å². The number of anilines is 1. The van der Waals surface area contributed by atoms with E-state index in [1.165, 1.54) is 7.11 Å². The summed E-state index contributed by atoms with van der Waals surface area (Å²) < 4.78 is 17.8. The van der Waals surface area contributed by atoms with Crippen LogP contribution in [0.3, 0.4) is 0 Å². The zero-order valence-corrected chi connectivity index (χ0v) is 18.6. The van der Waals surface area contributed by atoms with Gasteiger partial charge in [0.25, 0.3) is 0 Å². The molecule has 0 bridgehead atoms. The number of hydrogen-bond donors (Lipinski definition) is 1. The third-order valence-electron chi connectivity index (χ3n) is 5.60. The van der Waals surface area contributed by atoms with Crippen molar-refractivity contribution in [2.24, 2.45) is 0 Å². The lowest BCUT2D eigenvalue weighted by Crippen LogP contribution is -2.13. The molecule has 1 aromatic heterocycles. The maximum atomic E-state index is 11.7. The first-order valence-electron chi connectivity index (χ1n) is 10.3. The Morgan fingerprint density at radius 3 is 2.64 bits per heavy atom. The molecule has 0 radical (unpaired) electrons. The lowest BCUT2D eigenvalue weighted by molar-refractivity contribution is -0.142. The number of ether oxygens (including phenoxy) is 3. The monoisotopic (exact) mass is 441 g/mol. The predicted octanol–water partition coefficient (Wildman–Crippen LogP) is 4.62. The summed E-state index contributed by atoms with van der Waals surface area (Å²) in [7, 11) is 2.87. The van der Waals surface area contributed by atoms with Crippen LogP contribution in [0, 0.1) is 18.3 Å². The van der Waals surface area contributed by atoms with Gasteiger partial charge in [0.05, 0.1) is 37.1 Å². The van der Waals surface area contributed by atoms with Crippen LogP contribution in [0.25, 0.3) is 27.7 Å². The van der Waals surface area contributed by atoms with Crippen molar-refractivity contribution in [3.05, 3.63) is 71.9 Å². The number of nitrogen functional groups attached to an aromatic ring is 1. The van der Waals surface area contributed by atoms with E-state index in [2.05, 4.69) is 6.07 Å². The summed E-state index contributed by atoms with van der Waals surface area (Å²) in [5.41, 5.74) is 11.9. The topological polar surface area (TPSA) is 99.5 Å². The molecule has 0 aliphatic rings. The summed E-state index contributed by atoms with van der Waals surface area (Å²) in [6.07, 6.45) is 1.99. The van der Waals surface area contributed by atoms with Crippen LogP contribution in [0.5, 0.6) is 11.5 Å². The van der Waals surface area contributed by atoms with E-state index in [0.29, 0.717) is 28.4 Å². The van der Waals surface area contributed by atoms with Gasteiger partial charge in [-0.25, -0.2) is 4.79 Å². The maximum absolute atomic E-state index is 11.7. The van der Waals surface area contributed by atoms with Crippen LogP contribution in [-0.4, -0.2) is 31.4 Å². The molecule has 0 saturated heterocycles. The van der Waals surface area contributed by atoms with Gasteiger partial charge in [0.15, 0.2) is 6.61 Å². The predicted molar refractivity (Wildman–Crippen MR) is 127 cm³/mol. The number of hydrogen-bond acceptors (Lipinski definition) is 6. The molecule has 0 unspecified atom stereocenters. The minimum absolute atomic E-state index is 0.240. The molecule has 0 spiro atoms. The normalized spacial score (nSPS) is 10.6. The van der Waals surface area contributed by atoms with Gasteiger partial charge in [-0.15, -0.1) is 0 Å². The molecule has 4 aromatic rings. The highest BCUT2D eigenvalue weighted by Crippen LogP contribution is 2.38. The zero-order valence-electron chi connectivity index (χ0n) is 18.6. The van der Waals surface area contributed by atoms with Crippen molar-refractivity contribution in [2.45, 2.75) is 6.92 Å². The Bertz CT molecular complexity index is 1400. The highest BCUT2D eigenvalue weighted by Gasteiger charge is 2.18. The van der Waals surface area contributed by atoms with E-state index in [1.54, 1.807) is 19.2 Å². The van der Waals surface area contributed by atoms with Crippen molar-refractivity contribution in [1.82, 2.24) is 4.57 Å². The Labute approximate surface area is 191 Å². The zero-order chi connectivity index (χ0) is 23.5. The van der Waals surface area contributed by atoms with E-state index in [-0.39, 0.29) is 6.61 Å². The minimum atomic E-state index is -0.490. The number of esters is 1. The number of rotatable bonds is 6. The maximum Gasteiger partial charge on any atom is 0.343 e. The van der Waals surface area contributed by atoms with Crippen LogP contribution in [0.15, 0.2) is 60.8 Å². The van der Waals surface area contributed by atoms with Gasteiger partial charge in [-0.2, -0.15) is 5.26 Å². The fraction of sp³-hybridized carbons (Fsp3) is 0.154. The summed E-state index contributed by atoms with van der Waals surface area (Å²) >= 11 is 0. The molecule has 166 valence electrons. The van der Waals surface area contributed by atoms with Crippen molar-refractivity contribution in [3.8, 4) is 34.4 Å². The standard InChI is InChI=1S/C26H23N3O4/c1-16-19(5-4-6-22(16)28)21-14-29(23-9-7-17(13-27)11-20(21)23)24-10-8-18(31-2)12-25(24)33-15-26(30)32-3/h4-12,14H,15,28H2,1-3H3. The quantitative estimate of drug-likeness (QED) is 0.346. The molecule has 0 amide bonds. The Morgan fingerprint density at radius 2 is 1.91 bits per heavy atom. The number of aromatic nitrogens is 1. The van der Waals surface area contributed by atoms with E-state index < -0.39 is 5.97 Å². The summed E-state index contributed by atoms with van der Waals surface area (Å²) in [4.78, 5) is 11.7. The SMILES string of the molecule is COC(=O)COc1cc(OC)ccc1-n1cc(-c2cccc(N)c2C)c2cc(C#N)ccc21. The van der Waals surface area contributed by atoms with Gasteiger partial charge in [0.2, 0.25) is 0 Å². The molecule has 0 aliphatic carbocycles. The van der Waals surface area contributed by atoms with Crippen molar-refractivity contribution in [2.75, 3.05) is 26.6 Å². The molecule has 7 heteroatoms. The van der Waals surface area contributed by atoms with Crippen LogP contribution < -0.4 is 15.2 Å². The van der Waals surface area contributed by atoms with Gasteiger partial charge in [0, 0.05) is 28.9 Å². The van der Waals surface area contributed by atoms with Crippen molar-refractivity contribution in [1.29, 1.82) is 5.26 Å². The number of benzene rings is 3. The Hall–Kier alpha value is -4.44. The van der Waals surface area contributed by atoms with Gasteiger partial charge >= 0.3 is 5.97 Å². The largest absolute Gasteiger partial charge is 0.497 e. The van der Waals surface area contributed by atoms with Gasteiger partial charge < -0.3 is 24.5 Å². The first-order valence-corrected chi connectivity index (χ1v) is 10.3. The lowest BCUT2D eigenvalue weighted by atomic mass is 9.98. The van der Waals surface area contributed by atoms with Crippen molar-refractivity contribution in [3.63, 3.8) is 0 Å². The van der Waals surface area contributed by atoms with Crippen molar-refractivity contribution >= 4 is 22.6 Å². The molecule has 33 heavy (non-hydrogen) atoms. The Morgan fingerprint density at radius 1 is 1.09 bits per heavy atom. The van der Waals surface area contributed by atoms with Crippen LogP contribution in [0.4, 0.5) is 5.69 Å². The van der Waals surface area contributed by atoms with Crippen LogP contribution in [-0.2, 0) is 9.53 Å². The average Bonchev–Trinajstić information content (AvgIpc) is 3.22. The Balaban J connectivity index is 1.96. The molecule has 0 aliphatic heterocycles. The summed E-state index contributed by atoms with van der Waals surface area (Å²) in [6.45, 7) is 1.73. The number of nitrogens with zero attached hydrogens (tertiary/aromatic N) is 2. The smallest absolute Gasteiger partial charge is 0.343 e. The second-order valence-electron chi connectivity index (χ2n) is 7.47. The number of methoxy groups -OCH3 is 2. The fourth-order valence-electron chi connectivity index (χ4n) is 3.79. The first-order chi connectivity index (χ1) is 16.0. The third kappa shape index (κ3) is 4.06. The first kappa shape index (κ1) is 21.8. The highest BCUT2D eigenvalue weighted by molar-refractivity contribution is 5.99. The van der Waals surface area contributed by atoms with E-state index in [1.807, 2.05) is 60.2 Å². The molecule has 7 nitrogen and oxygen atoms in total. The molecule has 3 aromatic carbocycles. The van der Waals surface area contributed by atoms with Crippen molar-refractivity contribution < 1.29 is 19.0 Å². The number of nitrogens with two attached hydrogens (primary N) is 1. The molecular formula is C26H23N3O4. The molecule has 0 fully saturated rings. The van der Waals surface area contributed by atoms with Gasteiger partial charge in [-0.05, 0) is 54.4 Å². The van der Waals surface area contributed by atoms with E-state index >= 15 is 0 Å². The van der Waals surface area contributed by atoms with Crippen LogP contribution >= 0.6 is 0 Å². The molecule has 2 N–H and O–H groups in total. The van der Waals surface area contributed by atoms with Gasteiger partial charge in [0.1, 0.15) is 11.5 Å². The van der Waals surface area contributed by atoms with Gasteiger partial charge in [-0.1, -0.05) is 12.1 Å². The second kappa shape index (κ2) is 8.97. The van der Waals surface area contributed by atoms with E-state index in [9.17, 15) is 10.1 Å². The Kier molecular flexibility index (Phi) is 5.92. The van der Waals surface area contributed by atoms with Crippen LogP contribution in [0.2, 0.25) is 0 Å². The molecule has 4 rings (SSSR count). The summed E-state index contributed by atoms with van der Waals surface area (Å²) in [6, 6.07) is 18.9. The minimum Gasteiger partial charge on any atom is -0.497 e. The lowest BCUT2D eigenvalue weighted by Gasteiger charge is -2.14. The van der Waals surface area contributed by atoms with Gasteiger partial charge in [-0.3, -0.25) is 0 Å². The highest BCUT2D eigenvalue weighted by atomic mass is 16.6. The number of carbonyl (C=O) groups excluding carboxylic acids is 1.